The van der Waals surface area contributed by atoms with E-state index in [1.54, 1.807) is 7.11 Å². The number of nitrogens with one attached hydrogen (secondary N) is 1. The molecule has 1 aliphatic rings. The van der Waals surface area contributed by atoms with Gasteiger partial charge >= 0.3 is 0 Å². The van der Waals surface area contributed by atoms with Crippen molar-refractivity contribution in [3.8, 4) is 5.75 Å². The lowest BCUT2D eigenvalue weighted by atomic mass is 10.2. The molecule has 6 nitrogen and oxygen atoms in total. The van der Waals surface area contributed by atoms with Crippen LogP contribution in [-0.4, -0.2) is 68.7 Å². The van der Waals surface area contributed by atoms with Gasteiger partial charge in [-0.2, -0.15) is 0 Å². The number of hydrogen-bond acceptors (Lipinski definition) is 4. The Labute approximate surface area is 132 Å². The normalized spacial score (nSPS) is 19.0. The zero-order valence-corrected chi connectivity index (χ0v) is 13.7. The first kappa shape index (κ1) is 16.6. The molecule has 0 saturated carbocycles. The van der Waals surface area contributed by atoms with E-state index in [2.05, 4.69) is 34.1 Å². The van der Waals surface area contributed by atoms with Crippen LogP contribution in [0.5, 0.6) is 5.75 Å². The van der Waals surface area contributed by atoms with Crippen LogP contribution in [0, 0.1) is 0 Å². The number of nitrogens with zero attached hydrogens (tertiary/aromatic N) is 3. The van der Waals surface area contributed by atoms with Crippen molar-refractivity contribution >= 4 is 11.6 Å². The molecular formula is C16H27N5O. The maximum Gasteiger partial charge on any atom is 0.193 e. The minimum atomic E-state index is 0.395. The van der Waals surface area contributed by atoms with Gasteiger partial charge in [-0.1, -0.05) is 12.1 Å². The summed E-state index contributed by atoms with van der Waals surface area (Å²) in [4.78, 5) is 9.27. The highest BCUT2D eigenvalue weighted by Gasteiger charge is 2.18. The lowest BCUT2D eigenvalue weighted by Crippen LogP contribution is -2.49. The molecule has 122 valence electrons. The lowest BCUT2D eigenvalue weighted by molar-refractivity contribution is 0.122. The molecule has 2 rings (SSSR count). The van der Waals surface area contributed by atoms with Gasteiger partial charge in [0.25, 0.3) is 0 Å². The number of nitrogens with two attached hydrogens (primary N) is 1. The molecule has 0 bridgehead atoms. The van der Waals surface area contributed by atoms with Crippen LogP contribution in [0.2, 0.25) is 0 Å². The summed E-state index contributed by atoms with van der Waals surface area (Å²) in [6.45, 7) is 7.30. The first-order valence-electron chi connectivity index (χ1n) is 7.72. The molecule has 0 aliphatic carbocycles. The summed E-state index contributed by atoms with van der Waals surface area (Å²) in [6, 6.07) is 8.07. The monoisotopic (exact) mass is 305 g/mol. The fourth-order valence-electron chi connectivity index (χ4n) is 2.53. The lowest BCUT2D eigenvalue weighted by Gasteiger charge is -2.35. The van der Waals surface area contributed by atoms with Gasteiger partial charge in [-0.05, 0) is 26.1 Å². The minimum absolute atomic E-state index is 0.395. The van der Waals surface area contributed by atoms with Crippen LogP contribution < -0.4 is 15.8 Å². The van der Waals surface area contributed by atoms with Gasteiger partial charge in [0.15, 0.2) is 5.96 Å². The van der Waals surface area contributed by atoms with E-state index in [9.17, 15) is 0 Å². The average Bonchev–Trinajstić information content (AvgIpc) is 2.54. The number of anilines is 1. The molecule has 1 aromatic rings. The molecule has 22 heavy (non-hydrogen) atoms. The van der Waals surface area contributed by atoms with Crippen molar-refractivity contribution in [1.82, 2.24) is 9.80 Å². The van der Waals surface area contributed by atoms with Gasteiger partial charge in [-0.3, -0.25) is 9.89 Å². The van der Waals surface area contributed by atoms with Crippen molar-refractivity contribution in [1.29, 1.82) is 0 Å². The third-order valence-electron chi connectivity index (χ3n) is 4.06. The third-order valence-corrected chi connectivity index (χ3v) is 4.06. The summed E-state index contributed by atoms with van der Waals surface area (Å²) in [5.41, 5.74) is 6.82. The van der Waals surface area contributed by atoms with Gasteiger partial charge in [-0.15, -0.1) is 0 Å². The molecule has 1 fully saturated rings. The molecule has 0 amide bonds. The first-order chi connectivity index (χ1) is 10.6. The van der Waals surface area contributed by atoms with Crippen molar-refractivity contribution in [2.24, 2.45) is 10.7 Å². The molecule has 6 heteroatoms. The number of piperazine rings is 1. The Morgan fingerprint density at radius 1 is 1.32 bits per heavy atom. The number of benzene rings is 1. The Balaban J connectivity index is 1.87. The average molecular weight is 305 g/mol. The predicted octanol–water partition coefficient (Wildman–Crippen LogP) is 1.06. The predicted molar refractivity (Wildman–Crippen MR) is 91.6 cm³/mol. The number of likely N-dealkylation sites (N-methyl/N-ethyl adjacent to an activating group) is 1. The fraction of sp³-hybridized carbons (Fsp3) is 0.562. The molecule has 1 unspecified atom stereocenters. The molecule has 1 aliphatic heterocycles. The van der Waals surface area contributed by atoms with Crippen LogP contribution in [0.3, 0.4) is 0 Å². The van der Waals surface area contributed by atoms with Crippen molar-refractivity contribution in [2.75, 3.05) is 52.2 Å². The molecule has 1 saturated heterocycles. The number of ether oxygens (including phenoxy) is 1. The molecule has 3 N–H and O–H groups in total. The van der Waals surface area contributed by atoms with Crippen LogP contribution in [0.4, 0.5) is 5.69 Å². The topological polar surface area (TPSA) is 66.1 Å². The molecule has 0 spiro atoms. The second-order valence-corrected chi connectivity index (χ2v) is 5.74. The zero-order valence-electron chi connectivity index (χ0n) is 13.7. The van der Waals surface area contributed by atoms with E-state index in [0.29, 0.717) is 18.5 Å². The molecule has 0 radical (unpaired) electrons. The van der Waals surface area contributed by atoms with Crippen molar-refractivity contribution in [2.45, 2.75) is 13.0 Å². The van der Waals surface area contributed by atoms with Crippen LogP contribution in [0.1, 0.15) is 6.92 Å². The van der Waals surface area contributed by atoms with Crippen molar-refractivity contribution < 1.29 is 4.74 Å². The number of hydrogen-bond donors (Lipinski definition) is 2. The smallest absolute Gasteiger partial charge is 0.193 e. The number of para-hydroxylation sites is 2. The highest BCUT2D eigenvalue weighted by atomic mass is 16.5. The molecule has 0 aromatic heterocycles. The Morgan fingerprint density at radius 3 is 2.68 bits per heavy atom. The van der Waals surface area contributed by atoms with Gasteiger partial charge in [0, 0.05) is 32.2 Å². The van der Waals surface area contributed by atoms with Crippen molar-refractivity contribution in [3.05, 3.63) is 24.3 Å². The van der Waals surface area contributed by atoms with Crippen LogP contribution in [-0.2, 0) is 0 Å². The summed E-state index contributed by atoms with van der Waals surface area (Å²) in [6.07, 6.45) is 0. The second kappa shape index (κ2) is 8.00. The van der Waals surface area contributed by atoms with E-state index >= 15 is 0 Å². The Hall–Kier alpha value is -1.79. The first-order valence-corrected chi connectivity index (χ1v) is 7.72. The quantitative estimate of drug-likeness (QED) is 0.629. The zero-order chi connectivity index (χ0) is 15.9. The fourth-order valence-corrected chi connectivity index (χ4v) is 2.53. The molecule has 1 heterocycles. The van der Waals surface area contributed by atoms with E-state index < -0.39 is 0 Å². The van der Waals surface area contributed by atoms with E-state index in [1.807, 2.05) is 24.3 Å². The third kappa shape index (κ3) is 4.61. The summed E-state index contributed by atoms with van der Waals surface area (Å²) < 4.78 is 5.29. The van der Waals surface area contributed by atoms with Gasteiger partial charge in [0.05, 0.1) is 19.3 Å². The van der Waals surface area contributed by atoms with Gasteiger partial charge in [0.2, 0.25) is 0 Å². The Kier molecular flexibility index (Phi) is 6.03. The SMILES string of the molecule is COc1ccccc1NC(N)=NCC(C)N1CCN(C)CC1. The minimum Gasteiger partial charge on any atom is -0.495 e. The molecule has 1 aromatic carbocycles. The van der Waals surface area contributed by atoms with Crippen LogP contribution >= 0.6 is 0 Å². The standard InChI is InChI=1S/C16H27N5O/c1-13(21-10-8-20(2)9-11-21)12-18-16(17)19-14-6-4-5-7-15(14)22-3/h4-7,13H,8-12H2,1-3H3,(H3,17,18,19). The van der Waals surface area contributed by atoms with E-state index in [4.69, 9.17) is 10.5 Å². The van der Waals surface area contributed by atoms with E-state index in [0.717, 1.165) is 37.6 Å². The van der Waals surface area contributed by atoms with Crippen molar-refractivity contribution in [3.63, 3.8) is 0 Å². The van der Waals surface area contributed by atoms with Crippen LogP contribution in [0.15, 0.2) is 29.3 Å². The maximum atomic E-state index is 5.99. The van der Waals surface area contributed by atoms with E-state index in [1.165, 1.54) is 0 Å². The van der Waals surface area contributed by atoms with Gasteiger partial charge < -0.3 is 20.7 Å². The maximum absolute atomic E-state index is 5.99. The summed E-state index contributed by atoms with van der Waals surface area (Å²) in [5.74, 6) is 1.18. The number of rotatable bonds is 5. The highest BCUT2D eigenvalue weighted by molar-refractivity contribution is 5.93. The van der Waals surface area contributed by atoms with Crippen LogP contribution in [0.25, 0.3) is 0 Å². The Morgan fingerprint density at radius 2 is 2.00 bits per heavy atom. The van der Waals surface area contributed by atoms with Gasteiger partial charge in [-0.25, -0.2) is 0 Å². The summed E-state index contributed by atoms with van der Waals surface area (Å²) in [7, 11) is 3.80. The largest absolute Gasteiger partial charge is 0.495 e. The summed E-state index contributed by atoms with van der Waals surface area (Å²) in [5, 5.41) is 3.10. The summed E-state index contributed by atoms with van der Waals surface area (Å²) >= 11 is 0. The van der Waals surface area contributed by atoms with E-state index in [-0.39, 0.29) is 0 Å². The number of guanidine groups is 1. The Bertz CT molecular complexity index is 497. The highest BCUT2D eigenvalue weighted by Crippen LogP contribution is 2.22. The second-order valence-electron chi connectivity index (χ2n) is 5.74. The number of methoxy groups -OCH3 is 1. The number of aliphatic imine (C=N–C) groups is 1. The molecular weight excluding hydrogens is 278 g/mol. The van der Waals surface area contributed by atoms with Gasteiger partial charge in [0.1, 0.15) is 5.75 Å². The molecule has 1 atom stereocenters.